The van der Waals surface area contributed by atoms with Crippen molar-refractivity contribution >= 4 is 11.9 Å². The number of nitrogens with zero attached hydrogens (tertiary/aromatic N) is 2. The summed E-state index contributed by atoms with van der Waals surface area (Å²) in [5.41, 5.74) is 2.05. The highest BCUT2D eigenvalue weighted by atomic mass is 16.4. The fourth-order valence-electron chi connectivity index (χ4n) is 4.26. The second-order valence-electron chi connectivity index (χ2n) is 7.15. The molecule has 5 nitrogen and oxygen atoms in total. The summed E-state index contributed by atoms with van der Waals surface area (Å²) in [6, 6.07) is 8.90. The fourth-order valence-corrected chi connectivity index (χ4v) is 4.26. The van der Waals surface area contributed by atoms with E-state index in [1.165, 1.54) is 23.3 Å². The van der Waals surface area contributed by atoms with Gasteiger partial charge in [-0.25, -0.2) is 4.79 Å². The zero-order chi connectivity index (χ0) is 17.8. The number of Topliss-reactive ketones (excluding diaryl/α,β-unsaturated/α-hetero) is 1. The molecule has 1 aromatic rings. The van der Waals surface area contributed by atoms with Gasteiger partial charge in [-0.3, -0.25) is 9.69 Å². The van der Waals surface area contributed by atoms with E-state index in [1.54, 1.807) is 0 Å². The Morgan fingerprint density at radius 2 is 1.88 bits per heavy atom. The van der Waals surface area contributed by atoms with E-state index in [4.69, 9.17) is 5.11 Å². The van der Waals surface area contributed by atoms with Gasteiger partial charge in [0.2, 0.25) is 0 Å². The third-order valence-corrected chi connectivity index (χ3v) is 5.66. The summed E-state index contributed by atoms with van der Waals surface area (Å²) in [7, 11) is 0. The maximum Gasteiger partial charge on any atom is 0.407 e. The van der Waals surface area contributed by atoms with E-state index in [2.05, 4.69) is 17.0 Å². The molecule has 0 aromatic heterocycles. The predicted molar refractivity (Wildman–Crippen MR) is 97.0 cm³/mol. The molecule has 2 heterocycles. The number of carbonyl (C=O) groups excluding carboxylic acids is 1. The van der Waals surface area contributed by atoms with Crippen molar-refractivity contribution < 1.29 is 14.7 Å². The minimum absolute atomic E-state index is 0.193. The molecule has 136 valence electrons. The van der Waals surface area contributed by atoms with Crippen LogP contribution in [0, 0.1) is 0 Å². The average Bonchev–Trinajstić information content (AvgIpc) is 2.67. The highest BCUT2D eigenvalue weighted by Crippen LogP contribution is 2.35. The highest BCUT2D eigenvalue weighted by molar-refractivity contribution is 5.96. The van der Waals surface area contributed by atoms with E-state index >= 15 is 0 Å². The zero-order valence-electron chi connectivity index (χ0n) is 15.0. The van der Waals surface area contributed by atoms with Crippen molar-refractivity contribution in [3.63, 3.8) is 0 Å². The molecule has 2 saturated heterocycles. The van der Waals surface area contributed by atoms with Gasteiger partial charge in [0.1, 0.15) is 0 Å². The Morgan fingerprint density at radius 1 is 1.12 bits per heavy atom. The Bertz CT molecular complexity index is 623. The van der Waals surface area contributed by atoms with E-state index in [0.29, 0.717) is 31.6 Å². The Labute approximate surface area is 149 Å². The van der Waals surface area contributed by atoms with Gasteiger partial charge < -0.3 is 10.0 Å². The van der Waals surface area contributed by atoms with Gasteiger partial charge in [-0.15, -0.1) is 0 Å². The molecular weight excluding hydrogens is 316 g/mol. The second-order valence-corrected chi connectivity index (χ2v) is 7.15. The van der Waals surface area contributed by atoms with Gasteiger partial charge in [0.25, 0.3) is 0 Å². The van der Waals surface area contributed by atoms with E-state index < -0.39 is 6.09 Å². The molecule has 1 amide bonds. The summed E-state index contributed by atoms with van der Waals surface area (Å²) in [5.74, 6) is 0.193. The molecule has 0 radical (unpaired) electrons. The third-order valence-electron chi connectivity index (χ3n) is 5.66. The van der Waals surface area contributed by atoms with Crippen LogP contribution in [-0.2, 0) is 0 Å². The van der Waals surface area contributed by atoms with Crippen LogP contribution in [0.15, 0.2) is 24.3 Å². The van der Waals surface area contributed by atoms with Gasteiger partial charge in [0, 0.05) is 37.2 Å². The Kier molecular flexibility index (Phi) is 5.74. The first-order chi connectivity index (χ1) is 12.1. The highest BCUT2D eigenvalue weighted by Gasteiger charge is 2.33. The minimum atomic E-state index is -0.806. The van der Waals surface area contributed by atoms with Crippen molar-refractivity contribution in [1.29, 1.82) is 0 Å². The summed E-state index contributed by atoms with van der Waals surface area (Å²) in [4.78, 5) is 27.3. The van der Waals surface area contributed by atoms with Crippen molar-refractivity contribution in [2.24, 2.45) is 0 Å². The van der Waals surface area contributed by atoms with Crippen LogP contribution < -0.4 is 0 Å². The molecule has 1 unspecified atom stereocenters. The van der Waals surface area contributed by atoms with Crippen molar-refractivity contribution in [2.75, 3.05) is 19.6 Å². The Morgan fingerprint density at radius 3 is 2.56 bits per heavy atom. The Balaban J connectivity index is 1.75. The van der Waals surface area contributed by atoms with E-state index in [9.17, 15) is 9.59 Å². The van der Waals surface area contributed by atoms with Gasteiger partial charge in [-0.1, -0.05) is 31.5 Å². The molecule has 0 saturated carbocycles. The molecule has 0 spiro atoms. The summed E-state index contributed by atoms with van der Waals surface area (Å²) in [6.45, 7) is 4.21. The van der Waals surface area contributed by atoms with Gasteiger partial charge >= 0.3 is 6.09 Å². The smallest absolute Gasteiger partial charge is 0.407 e. The molecular formula is C20H28N2O3. The first-order valence-electron chi connectivity index (χ1n) is 9.47. The summed E-state index contributed by atoms with van der Waals surface area (Å²) >= 11 is 0. The number of piperidine rings is 2. The number of ketones is 1. The number of likely N-dealkylation sites (tertiary alicyclic amines) is 2. The molecule has 2 aliphatic rings. The van der Waals surface area contributed by atoms with Crippen molar-refractivity contribution in [3.05, 3.63) is 35.4 Å². The quantitative estimate of drug-likeness (QED) is 0.840. The topological polar surface area (TPSA) is 60.9 Å². The number of carboxylic acid groups (broad SMARTS) is 1. The molecule has 1 aromatic carbocycles. The number of hydrogen-bond donors (Lipinski definition) is 1. The molecule has 1 atom stereocenters. The first-order valence-corrected chi connectivity index (χ1v) is 9.47. The predicted octanol–water partition coefficient (Wildman–Crippen LogP) is 3.95. The lowest BCUT2D eigenvalue weighted by Crippen LogP contribution is -2.48. The normalized spacial score (nSPS) is 22.8. The SMILES string of the molecule is CCC(=O)c1cccc(C2CCCCN2C2CCN(C(=O)O)CC2)c1. The summed E-state index contributed by atoms with van der Waals surface area (Å²) in [6.07, 6.45) is 5.05. The molecule has 0 bridgehead atoms. The van der Waals surface area contributed by atoms with Crippen LogP contribution in [-0.4, -0.2) is 52.5 Å². The lowest BCUT2D eigenvalue weighted by Gasteiger charge is -2.44. The maximum absolute atomic E-state index is 12.1. The average molecular weight is 344 g/mol. The van der Waals surface area contributed by atoms with Gasteiger partial charge in [-0.2, -0.15) is 0 Å². The van der Waals surface area contributed by atoms with E-state index in [-0.39, 0.29) is 5.78 Å². The van der Waals surface area contributed by atoms with Crippen LogP contribution in [0.3, 0.4) is 0 Å². The Hall–Kier alpha value is -1.88. The van der Waals surface area contributed by atoms with Crippen molar-refractivity contribution in [1.82, 2.24) is 9.80 Å². The van der Waals surface area contributed by atoms with Crippen LogP contribution in [0.4, 0.5) is 4.79 Å². The largest absolute Gasteiger partial charge is 0.465 e. The molecule has 3 rings (SSSR count). The lowest BCUT2D eigenvalue weighted by molar-refractivity contribution is 0.0497. The van der Waals surface area contributed by atoms with Crippen LogP contribution in [0.5, 0.6) is 0 Å². The number of benzene rings is 1. The second kappa shape index (κ2) is 8.00. The van der Waals surface area contributed by atoms with Gasteiger partial charge in [0.15, 0.2) is 5.78 Å². The van der Waals surface area contributed by atoms with E-state index in [0.717, 1.165) is 31.4 Å². The first kappa shape index (κ1) is 17.9. The minimum Gasteiger partial charge on any atom is -0.465 e. The number of amides is 1. The standard InChI is InChI=1S/C20H28N2O3/c1-2-19(23)16-7-5-6-15(14-16)18-8-3-4-11-22(18)17-9-12-21(13-10-17)20(24)25/h5-7,14,17-18H,2-4,8-13H2,1H3,(H,24,25). The lowest BCUT2D eigenvalue weighted by atomic mass is 9.90. The van der Waals surface area contributed by atoms with Crippen LogP contribution >= 0.6 is 0 Å². The molecule has 2 fully saturated rings. The molecule has 2 aliphatic heterocycles. The zero-order valence-corrected chi connectivity index (χ0v) is 15.0. The van der Waals surface area contributed by atoms with Gasteiger partial charge in [0.05, 0.1) is 0 Å². The van der Waals surface area contributed by atoms with Crippen molar-refractivity contribution in [2.45, 2.75) is 57.5 Å². The maximum atomic E-state index is 12.1. The monoisotopic (exact) mass is 344 g/mol. The number of carbonyl (C=O) groups is 2. The number of rotatable bonds is 4. The summed E-state index contributed by atoms with van der Waals surface area (Å²) in [5, 5.41) is 9.15. The van der Waals surface area contributed by atoms with Crippen LogP contribution in [0.1, 0.15) is 67.4 Å². The number of hydrogen-bond acceptors (Lipinski definition) is 3. The molecule has 25 heavy (non-hydrogen) atoms. The molecule has 5 heteroatoms. The third kappa shape index (κ3) is 4.03. The molecule has 1 N–H and O–H groups in total. The van der Waals surface area contributed by atoms with Gasteiger partial charge in [-0.05, 0) is 43.9 Å². The molecule has 0 aliphatic carbocycles. The summed E-state index contributed by atoms with van der Waals surface area (Å²) < 4.78 is 0. The van der Waals surface area contributed by atoms with Crippen LogP contribution in [0.2, 0.25) is 0 Å². The fraction of sp³-hybridized carbons (Fsp3) is 0.600. The van der Waals surface area contributed by atoms with E-state index in [1.807, 2.05) is 19.1 Å². The van der Waals surface area contributed by atoms with Crippen LogP contribution in [0.25, 0.3) is 0 Å². The van der Waals surface area contributed by atoms with Crippen molar-refractivity contribution in [3.8, 4) is 0 Å².